The van der Waals surface area contributed by atoms with Crippen LogP contribution < -0.4 is 0 Å². The third kappa shape index (κ3) is 2.02. The zero-order chi connectivity index (χ0) is 12.5. The molecule has 1 aromatic heterocycles. The summed E-state index contributed by atoms with van der Waals surface area (Å²) in [5.74, 6) is -0.947. The van der Waals surface area contributed by atoms with Crippen LogP contribution in [0.4, 0.5) is 0 Å². The molecule has 1 fully saturated rings. The van der Waals surface area contributed by atoms with Crippen LogP contribution in [0.3, 0.4) is 0 Å². The smallest absolute Gasteiger partial charge is 0.356 e. The van der Waals surface area contributed by atoms with Gasteiger partial charge in [-0.15, -0.1) is 0 Å². The highest BCUT2D eigenvalue weighted by molar-refractivity contribution is 5.85. The summed E-state index contributed by atoms with van der Waals surface area (Å²) < 4.78 is 7.22. The molecule has 0 bridgehead atoms. The van der Waals surface area contributed by atoms with Gasteiger partial charge in [0.2, 0.25) is 0 Å². The lowest BCUT2D eigenvalue weighted by molar-refractivity contribution is 0.00883. The van der Waals surface area contributed by atoms with Gasteiger partial charge in [-0.25, -0.2) is 4.79 Å². The predicted octanol–water partition coefficient (Wildman–Crippen LogP) is 0.748. The number of nitrogens with zero attached hydrogens (tertiary/aromatic N) is 3. The van der Waals surface area contributed by atoms with Crippen LogP contribution in [0.25, 0.3) is 0 Å². The van der Waals surface area contributed by atoms with Gasteiger partial charge in [-0.2, -0.15) is 5.10 Å². The van der Waals surface area contributed by atoms with Crippen LogP contribution in [0.15, 0.2) is 6.07 Å². The summed E-state index contributed by atoms with van der Waals surface area (Å²) >= 11 is 0. The predicted molar refractivity (Wildman–Crippen MR) is 63.6 cm³/mol. The second-order valence-electron chi connectivity index (χ2n) is 4.79. The Bertz CT molecular complexity index is 451. The number of aromatic nitrogens is 2. The van der Waals surface area contributed by atoms with E-state index in [0.717, 1.165) is 51.4 Å². The van der Waals surface area contributed by atoms with Crippen molar-refractivity contribution in [3.05, 3.63) is 17.5 Å². The summed E-state index contributed by atoms with van der Waals surface area (Å²) in [7, 11) is 0. The van der Waals surface area contributed by atoms with Gasteiger partial charge in [0.1, 0.15) is 0 Å². The van der Waals surface area contributed by atoms with E-state index in [0.29, 0.717) is 6.04 Å². The van der Waals surface area contributed by atoms with Crippen molar-refractivity contribution in [1.29, 1.82) is 0 Å². The first-order valence-electron chi connectivity index (χ1n) is 6.38. The first kappa shape index (κ1) is 11.7. The molecule has 3 heterocycles. The Hall–Kier alpha value is -1.40. The van der Waals surface area contributed by atoms with Crippen LogP contribution in [0.2, 0.25) is 0 Å². The molecular formula is C12H17N3O3. The van der Waals surface area contributed by atoms with E-state index in [9.17, 15) is 4.79 Å². The van der Waals surface area contributed by atoms with Crippen molar-refractivity contribution in [2.45, 2.75) is 25.4 Å². The van der Waals surface area contributed by atoms with E-state index in [1.807, 2.05) is 4.68 Å². The van der Waals surface area contributed by atoms with Crippen molar-refractivity contribution in [3.63, 3.8) is 0 Å². The molecule has 0 saturated carbocycles. The van der Waals surface area contributed by atoms with Gasteiger partial charge in [-0.05, 0) is 18.9 Å². The number of hydrogen-bond donors (Lipinski definition) is 1. The highest BCUT2D eigenvalue weighted by Gasteiger charge is 2.29. The second kappa shape index (κ2) is 4.70. The summed E-state index contributed by atoms with van der Waals surface area (Å²) in [4.78, 5) is 13.4. The van der Waals surface area contributed by atoms with Crippen molar-refractivity contribution in [2.75, 3.05) is 26.3 Å². The second-order valence-corrected chi connectivity index (χ2v) is 4.79. The zero-order valence-corrected chi connectivity index (χ0v) is 10.2. The molecule has 1 unspecified atom stereocenters. The lowest BCUT2D eigenvalue weighted by atomic mass is 10.0. The van der Waals surface area contributed by atoms with Gasteiger partial charge in [0, 0.05) is 19.6 Å². The molecule has 1 N–H and O–H groups in total. The van der Waals surface area contributed by atoms with E-state index < -0.39 is 5.97 Å². The van der Waals surface area contributed by atoms with Crippen molar-refractivity contribution in [3.8, 4) is 0 Å². The maximum atomic E-state index is 11.0. The molecule has 0 radical (unpaired) electrons. The van der Waals surface area contributed by atoms with E-state index in [1.54, 1.807) is 6.07 Å². The summed E-state index contributed by atoms with van der Waals surface area (Å²) in [5, 5.41) is 13.2. The Morgan fingerprint density at radius 3 is 2.89 bits per heavy atom. The van der Waals surface area contributed by atoms with Gasteiger partial charge < -0.3 is 9.84 Å². The maximum Gasteiger partial charge on any atom is 0.356 e. The van der Waals surface area contributed by atoms with Crippen LogP contribution in [0, 0.1) is 0 Å². The molecule has 1 aromatic rings. The third-order valence-corrected chi connectivity index (χ3v) is 3.71. The van der Waals surface area contributed by atoms with Crippen molar-refractivity contribution >= 4 is 5.97 Å². The molecule has 1 saturated heterocycles. The Morgan fingerprint density at radius 2 is 2.17 bits per heavy atom. The number of fused-ring (bicyclic) bond motifs is 1. The molecule has 6 heteroatoms. The number of ether oxygens (including phenoxy) is 1. The number of hydrogen-bond acceptors (Lipinski definition) is 4. The van der Waals surface area contributed by atoms with Crippen LogP contribution >= 0.6 is 0 Å². The number of morpholine rings is 1. The van der Waals surface area contributed by atoms with Gasteiger partial charge in [-0.3, -0.25) is 9.58 Å². The van der Waals surface area contributed by atoms with E-state index in [1.165, 1.54) is 0 Å². The minimum atomic E-state index is -0.947. The summed E-state index contributed by atoms with van der Waals surface area (Å²) in [5.41, 5.74) is 1.20. The summed E-state index contributed by atoms with van der Waals surface area (Å²) in [6.45, 7) is 4.17. The maximum absolute atomic E-state index is 11.0. The Kier molecular flexibility index (Phi) is 3.05. The fourth-order valence-electron chi connectivity index (χ4n) is 2.82. The fraction of sp³-hybridized carbons (Fsp3) is 0.667. The molecule has 0 spiro atoms. The number of rotatable bonds is 2. The number of carbonyl (C=O) groups is 1. The molecule has 2 aliphatic heterocycles. The first-order valence-corrected chi connectivity index (χ1v) is 6.38. The standard InChI is InChI=1S/C12H17N3O3/c16-12(17)9-8-11-10(2-1-3-15(11)13-9)14-4-6-18-7-5-14/h8,10H,1-7H2,(H,16,17). The van der Waals surface area contributed by atoms with Gasteiger partial charge >= 0.3 is 5.97 Å². The lowest BCUT2D eigenvalue weighted by Gasteiger charge is -2.36. The number of carboxylic acids is 1. The van der Waals surface area contributed by atoms with Crippen LogP contribution in [-0.4, -0.2) is 52.1 Å². The van der Waals surface area contributed by atoms with Crippen LogP contribution in [0.5, 0.6) is 0 Å². The summed E-state index contributed by atoms with van der Waals surface area (Å²) in [6.07, 6.45) is 2.13. The van der Waals surface area contributed by atoms with Crippen LogP contribution in [-0.2, 0) is 11.3 Å². The molecule has 3 rings (SSSR count). The summed E-state index contributed by atoms with van der Waals surface area (Å²) in [6, 6.07) is 2.02. The third-order valence-electron chi connectivity index (χ3n) is 3.71. The number of aryl methyl sites for hydroxylation is 1. The average Bonchev–Trinajstić information content (AvgIpc) is 2.83. The number of aromatic carboxylic acids is 1. The van der Waals surface area contributed by atoms with E-state index >= 15 is 0 Å². The first-order chi connectivity index (χ1) is 8.75. The highest BCUT2D eigenvalue weighted by Crippen LogP contribution is 2.31. The topological polar surface area (TPSA) is 67.6 Å². The van der Waals surface area contributed by atoms with Crippen LogP contribution in [0.1, 0.15) is 35.1 Å². The normalized spacial score (nSPS) is 24.8. The highest BCUT2D eigenvalue weighted by atomic mass is 16.5. The molecule has 0 aromatic carbocycles. The van der Waals surface area contributed by atoms with E-state index in [2.05, 4.69) is 10.00 Å². The van der Waals surface area contributed by atoms with Gasteiger partial charge in [0.05, 0.1) is 24.9 Å². The number of carboxylic acid groups (broad SMARTS) is 1. The van der Waals surface area contributed by atoms with Gasteiger partial charge in [0.25, 0.3) is 0 Å². The molecule has 6 nitrogen and oxygen atoms in total. The minimum Gasteiger partial charge on any atom is -0.476 e. The molecule has 1 atom stereocenters. The van der Waals surface area contributed by atoms with Crippen molar-refractivity contribution in [1.82, 2.24) is 14.7 Å². The largest absolute Gasteiger partial charge is 0.476 e. The Morgan fingerprint density at radius 1 is 1.39 bits per heavy atom. The van der Waals surface area contributed by atoms with Gasteiger partial charge in [0.15, 0.2) is 5.69 Å². The Balaban J connectivity index is 1.88. The van der Waals surface area contributed by atoms with Gasteiger partial charge in [-0.1, -0.05) is 0 Å². The average molecular weight is 251 g/mol. The zero-order valence-electron chi connectivity index (χ0n) is 10.2. The van der Waals surface area contributed by atoms with E-state index in [4.69, 9.17) is 9.84 Å². The monoisotopic (exact) mass is 251 g/mol. The van der Waals surface area contributed by atoms with E-state index in [-0.39, 0.29) is 5.69 Å². The molecule has 0 amide bonds. The lowest BCUT2D eigenvalue weighted by Crippen LogP contribution is -2.41. The molecule has 98 valence electrons. The fourth-order valence-corrected chi connectivity index (χ4v) is 2.82. The van der Waals surface area contributed by atoms with Crippen molar-refractivity contribution < 1.29 is 14.6 Å². The molecule has 18 heavy (non-hydrogen) atoms. The molecule has 0 aliphatic carbocycles. The minimum absolute atomic E-state index is 0.158. The SMILES string of the molecule is O=C(O)c1cc2n(n1)CCCC2N1CCOCC1. The quantitative estimate of drug-likeness (QED) is 0.840. The van der Waals surface area contributed by atoms with Crippen molar-refractivity contribution in [2.24, 2.45) is 0 Å². The Labute approximate surface area is 105 Å². The molecular weight excluding hydrogens is 234 g/mol. The molecule has 2 aliphatic rings.